The molecule has 0 unspecified atom stereocenters. The zero-order valence-electron chi connectivity index (χ0n) is 7.97. The number of hydrogen-bond acceptors (Lipinski definition) is 2. The Morgan fingerprint density at radius 3 is 2.60 bits per heavy atom. The van der Waals surface area contributed by atoms with Gasteiger partial charge in [0.2, 0.25) is 0 Å². The summed E-state index contributed by atoms with van der Waals surface area (Å²) >= 11 is 0. The highest BCUT2D eigenvalue weighted by Gasteiger charge is 2.22. The van der Waals surface area contributed by atoms with Crippen molar-refractivity contribution in [3.63, 3.8) is 0 Å². The van der Waals surface area contributed by atoms with Gasteiger partial charge in [0, 0.05) is 13.0 Å². The molecule has 0 N–H and O–H groups in total. The van der Waals surface area contributed by atoms with Crippen molar-refractivity contribution in [3.05, 3.63) is 29.6 Å². The highest BCUT2D eigenvalue weighted by Crippen LogP contribution is 2.18. The third-order valence-electron chi connectivity index (χ3n) is 1.59. The maximum atomic E-state index is 13.0. The molecule has 0 spiro atoms. The zero-order valence-corrected chi connectivity index (χ0v) is 7.97. The molecule has 0 saturated heterocycles. The van der Waals surface area contributed by atoms with E-state index < -0.39 is 18.3 Å². The van der Waals surface area contributed by atoms with E-state index in [2.05, 4.69) is 4.74 Å². The van der Waals surface area contributed by atoms with Gasteiger partial charge in [-0.1, -0.05) is 0 Å². The fourth-order valence-electron chi connectivity index (χ4n) is 0.903. The summed E-state index contributed by atoms with van der Waals surface area (Å²) in [5.74, 6) is -3.79. The van der Waals surface area contributed by atoms with E-state index in [0.717, 1.165) is 6.07 Å². The summed E-state index contributed by atoms with van der Waals surface area (Å²) in [6, 6.07) is 3.33. The SMILES string of the molecule is CC(F)(F)COc1ccc(C=O)c(F)c1. The standard InChI is InChI=1S/C10H9F3O2/c1-10(12,13)6-15-8-3-2-7(5-14)9(11)4-8/h2-5H,6H2,1H3. The van der Waals surface area contributed by atoms with Crippen LogP contribution >= 0.6 is 0 Å². The average Bonchev–Trinajstić information content (AvgIpc) is 2.14. The van der Waals surface area contributed by atoms with Crippen LogP contribution in [0.5, 0.6) is 5.75 Å². The molecule has 15 heavy (non-hydrogen) atoms. The van der Waals surface area contributed by atoms with Crippen LogP contribution in [0.2, 0.25) is 0 Å². The van der Waals surface area contributed by atoms with Crippen LogP contribution in [0, 0.1) is 5.82 Å². The van der Waals surface area contributed by atoms with Crippen molar-refractivity contribution in [1.29, 1.82) is 0 Å². The number of carbonyl (C=O) groups excluding carboxylic acids is 1. The first kappa shape index (κ1) is 11.6. The van der Waals surface area contributed by atoms with E-state index in [0.29, 0.717) is 13.2 Å². The average molecular weight is 218 g/mol. The molecule has 0 amide bonds. The van der Waals surface area contributed by atoms with Crippen LogP contribution in [0.25, 0.3) is 0 Å². The lowest BCUT2D eigenvalue weighted by molar-refractivity contribution is -0.0230. The Bertz CT molecular complexity index is 358. The number of benzene rings is 1. The Balaban J connectivity index is 2.72. The van der Waals surface area contributed by atoms with Crippen LogP contribution in [-0.4, -0.2) is 18.8 Å². The molecule has 1 aromatic carbocycles. The lowest BCUT2D eigenvalue weighted by atomic mass is 10.2. The molecule has 0 aliphatic rings. The second-order valence-electron chi connectivity index (χ2n) is 3.16. The molecule has 5 heteroatoms. The van der Waals surface area contributed by atoms with Gasteiger partial charge in [-0.15, -0.1) is 0 Å². The lowest BCUT2D eigenvalue weighted by Crippen LogP contribution is -2.20. The normalized spacial score (nSPS) is 11.2. The molecule has 0 atom stereocenters. The molecule has 82 valence electrons. The molecule has 0 aliphatic carbocycles. The minimum absolute atomic E-state index is 0.0281. The zero-order chi connectivity index (χ0) is 11.5. The fourth-order valence-corrected chi connectivity index (χ4v) is 0.903. The Morgan fingerprint density at radius 1 is 1.47 bits per heavy atom. The Hall–Kier alpha value is -1.52. The van der Waals surface area contributed by atoms with Gasteiger partial charge in [-0.3, -0.25) is 4.79 Å². The van der Waals surface area contributed by atoms with Crippen molar-refractivity contribution in [3.8, 4) is 5.75 Å². The highest BCUT2D eigenvalue weighted by atomic mass is 19.3. The molecule has 1 aromatic rings. The van der Waals surface area contributed by atoms with E-state index in [1.807, 2.05) is 0 Å². The molecule has 0 heterocycles. The molecule has 0 radical (unpaired) electrons. The summed E-state index contributed by atoms with van der Waals surface area (Å²) in [4.78, 5) is 10.3. The van der Waals surface area contributed by atoms with Gasteiger partial charge < -0.3 is 4.74 Å². The van der Waals surface area contributed by atoms with Crippen LogP contribution < -0.4 is 4.74 Å². The van der Waals surface area contributed by atoms with Crippen LogP contribution in [0.1, 0.15) is 17.3 Å². The van der Waals surface area contributed by atoms with E-state index >= 15 is 0 Å². The van der Waals surface area contributed by atoms with Crippen molar-refractivity contribution in [1.82, 2.24) is 0 Å². The van der Waals surface area contributed by atoms with Gasteiger partial charge in [-0.05, 0) is 12.1 Å². The Morgan fingerprint density at radius 2 is 2.13 bits per heavy atom. The number of halogens is 3. The van der Waals surface area contributed by atoms with E-state index in [9.17, 15) is 18.0 Å². The number of ether oxygens (including phenoxy) is 1. The van der Waals surface area contributed by atoms with Crippen LogP contribution in [0.3, 0.4) is 0 Å². The molecule has 0 aromatic heterocycles. The minimum atomic E-state index is -2.97. The number of alkyl halides is 2. The largest absolute Gasteiger partial charge is 0.487 e. The summed E-state index contributed by atoms with van der Waals surface area (Å²) in [5.41, 5.74) is -0.134. The van der Waals surface area contributed by atoms with Gasteiger partial charge in [0.15, 0.2) is 12.9 Å². The predicted octanol–water partition coefficient (Wildman–Crippen LogP) is 2.67. The van der Waals surface area contributed by atoms with E-state index in [4.69, 9.17) is 0 Å². The van der Waals surface area contributed by atoms with Crippen molar-refractivity contribution >= 4 is 6.29 Å². The molecule has 0 fully saturated rings. The molecule has 0 saturated carbocycles. The summed E-state index contributed by atoms with van der Waals surface area (Å²) in [6.07, 6.45) is 0.341. The molecule has 1 rings (SSSR count). The monoisotopic (exact) mass is 218 g/mol. The van der Waals surface area contributed by atoms with Crippen LogP contribution in [0.4, 0.5) is 13.2 Å². The van der Waals surface area contributed by atoms with Crippen molar-refractivity contribution < 1.29 is 22.7 Å². The van der Waals surface area contributed by atoms with Gasteiger partial charge in [0.25, 0.3) is 5.92 Å². The summed E-state index contributed by atoms with van der Waals surface area (Å²) in [6.45, 7) is -0.129. The number of hydrogen-bond donors (Lipinski definition) is 0. The fraction of sp³-hybridized carbons (Fsp3) is 0.300. The van der Waals surface area contributed by atoms with Gasteiger partial charge in [-0.2, -0.15) is 0 Å². The van der Waals surface area contributed by atoms with Crippen LogP contribution in [-0.2, 0) is 0 Å². The number of aldehydes is 1. The molecule has 2 nitrogen and oxygen atoms in total. The summed E-state index contributed by atoms with van der Waals surface area (Å²) in [5, 5.41) is 0. The minimum Gasteiger partial charge on any atom is -0.487 e. The first-order valence-corrected chi connectivity index (χ1v) is 4.18. The number of rotatable bonds is 4. The predicted molar refractivity (Wildman–Crippen MR) is 47.9 cm³/mol. The smallest absolute Gasteiger partial charge is 0.278 e. The van der Waals surface area contributed by atoms with Gasteiger partial charge in [0.1, 0.15) is 11.6 Å². The van der Waals surface area contributed by atoms with Crippen molar-refractivity contribution in [2.45, 2.75) is 12.8 Å². The first-order chi connectivity index (χ1) is 6.92. The van der Waals surface area contributed by atoms with Crippen molar-refractivity contribution in [2.75, 3.05) is 6.61 Å². The summed E-state index contributed by atoms with van der Waals surface area (Å²) in [7, 11) is 0. The maximum absolute atomic E-state index is 13.0. The Labute approximate surface area is 84.7 Å². The van der Waals surface area contributed by atoms with Crippen molar-refractivity contribution in [2.24, 2.45) is 0 Å². The molecular weight excluding hydrogens is 209 g/mol. The second-order valence-corrected chi connectivity index (χ2v) is 3.16. The van der Waals surface area contributed by atoms with E-state index in [1.165, 1.54) is 12.1 Å². The third-order valence-corrected chi connectivity index (χ3v) is 1.59. The number of carbonyl (C=O) groups is 1. The van der Waals surface area contributed by atoms with Crippen LogP contribution in [0.15, 0.2) is 18.2 Å². The van der Waals surface area contributed by atoms with Gasteiger partial charge in [-0.25, -0.2) is 13.2 Å². The van der Waals surface area contributed by atoms with Gasteiger partial charge in [0.05, 0.1) is 5.56 Å². The second kappa shape index (κ2) is 4.33. The topological polar surface area (TPSA) is 26.3 Å². The maximum Gasteiger partial charge on any atom is 0.278 e. The quantitative estimate of drug-likeness (QED) is 0.726. The van der Waals surface area contributed by atoms with E-state index in [-0.39, 0.29) is 11.3 Å². The summed E-state index contributed by atoms with van der Waals surface area (Å²) < 4.78 is 42.4. The van der Waals surface area contributed by atoms with Gasteiger partial charge >= 0.3 is 0 Å². The first-order valence-electron chi connectivity index (χ1n) is 4.18. The molecule has 0 bridgehead atoms. The van der Waals surface area contributed by atoms with E-state index in [1.54, 1.807) is 0 Å². The molecular formula is C10H9F3O2. The Kier molecular flexibility index (Phi) is 3.34. The third kappa shape index (κ3) is 3.61. The molecule has 0 aliphatic heterocycles. The lowest BCUT2D eigenvalue weighted by Gasteiger charge is -2.11. The highest BCUT2D eigenvalue weighted by molar-refractivity contribution is 5.75.